The van der Waals surface area contributed by atoms with Crippen LogP contribution in [0.5, 0.6) is 0 Å². The highest BCUT2D eigenvalue weighted by Gasteiger charge is 2.33. The van der Waals surface area contributed by atoms with Crippen molar-refractivity contribution >= 4 is 33.6 Å². The first-order valence-electron chi connectivity index (χ1n) is 10.4. The molecule has 1 aliphatic heterocycles. The molecule has 9 nitrogen and oxygen atoms in total. The lowest BCUT2D eigenvalue weighted by molar-refractivity contribution is -0.120. The van der Waals surface area contributed by atoms with Gasteiger partial charge in [0.05, 0.1) is 41.8 Å². The van der Waals surface area contributed by atoms with E-state index in [4.69, 9.17) is 9.47 Å². The molecule has 2 aromatic carbocycles. The number of methoxy groups -OCH3 is 2. The van der Waals surface area contributed by atoms with Crippen LogP contribution in [-0.2, 0) is 24.3 Å². The molecule has 0 aliphatic carbocycles. The van der Waals surface area contributed by atoms with Crippen LogP contribution < -0.4 is 5.32 Å². The molecule has 3 rings (SSSR count). The van der Waals surface area contributed by atoms with E-state index in [1.807, 2.05) is 6.92 Å². The number of benzene rings is 2. The Hall–Kier alpha value is -3.24. The van der Waals surface area contributed by atoms with Gasteiger partial charge in [-0.05, 0) is 50.1 Å². The van der Waals surface area contributed by atoms with Gasteiger partial charge in [-0.3, -0.25) is 4.79 Å². The number of carbonyl (C=O) groups excluding carboxylic acids is 3. The molecule has 1 saturated heterocycles. The van der Waals surface area contributed by atoms with Crippen molar-refractivity contribution in [3.63, 3.8) is 0 Å². The van der Waals surface area contributed by atoms with Gasteiger partial charge in [0, 0.05) is 13.1 Å². The minimum Gasteiger partial charge on any atom is -0.465 e. The number of hydrogen-bond acceptors (Lipinski definition) is 7. The normalized spacial score (nSPS) is 16.6. The Kier molecular flexibility index (Phi) is 7.50. The smallest absolute Gasteiger partial charge is 0.339 e. The predicted octanol–water partition coefficient (Wildman–Crippen LogP) is 2.61. The van der Waals surface area contributed by atoms with Gasteiger partial charge >= 0.3 is 11.9 Å². The Morgan fingerprint density at radius 3 is 2.30 bits per heavy atom. The molecular formula is C23H26N2O7S. The maximum Gasteiger partial charge on any atom is 0.339 e. The molecule has 1 amide bonds. The van der Waals surface area contributed by atoms with Gasteiger partial charge in [-0.25, -0.2) is 18.0 Å². The van der Waals surface area contributed by atoms with Crippen molar-refractivity contribution in [2.75, 3.05) is 32.6 Å². The zero-order chi connectivity index (χ0) is 24.2. The highest BCUT2D eigenvalue weighted by Crippen LogP contribution is 2.26. The third-order valence-electron chi connectivity index (χ3n) is 5.52. The van der Waals surface area contributed by atoms with Gasteiger partial charge in [0.2, 0.25) is 15.9 Å². The fourth-order valence-electron chi connectivity index (χ4n) is 3.65. The second-order valence-electron chi connectivity index (χ2n) is 7.75. The van der Waals surface area contributed by atoms with E-state index in [9.17, 15) is 22.8 Å². The number of aryl methyl sites for hydroxylation is 1. The SMILES string of the molecule is COC(=O)c1ccc(C(=O)OC)c(NC(=O)[C@@H]2CCCN(S(=O)(=O)c3ccc(C)cc3)C2)c1. The fraction of sp³-hybridized carbons (Fsp3) is 0.348. The van der Waals surface area contributed by atoms with Crippen LogP contribution in [0.25, 0.3) is 0 Å². The molecule has 0 bridgehead atoms. The third kappa shape index (κ3) is 5.40. The van der Waals surface area contributed by atoms with Crippen LogP contribution in [0.2, 0.25) is 0 Å². The second-order valence-corrected chi connectivity index (χ2v) is 9.69. The minimum atomic E-state index is -3.75. The van der Waals surface area contributed by atoms with Crippen molar-refractivity contribution in [2.24, 2.45) is 5.92 Å². The zero-order valence-electron chi connectivity index (χ0n) is 18.7. The van der Waals surface area contributed by atoms with E-state index >= 15 is 0 Å². The number of carbonyl (C=O) groups is 3. The Morgan fingerprint density at radius 2 is 1.67 bits per heavy atom. The second kappa shape index (κ2) is 10.1. The molecular weight excluding hydrogens is 448 g/mol. The summed E-state index contributed by atoms with van der Waals surface area (Å²) in [6.07, 6.45) is 0.991. The van der Waals surface area contributed by atoms with Gasteiger partial charge in [0.15, 0.2) is 0 Å². The summed E-state index contributed by atoms with van der Waals surface area (Å²) >= 11 is 0. The Balaban J connectivity index is 1.82. The molecule has 2 aromatic rings. The minimum absolute atomic E-state index is 0.00624. The Labute approximate surface area is 192 Å². The van der Waals surface area contributed by atoms with Crippen LogP contribution in [0.1, 0.15) is 39.1 Å². The summed E-state index contributed by atoms with van der Waals surface area (Å²) in [5, 5.41) is 2.67. The van der Waals surface area contributed by atoms with Crippen molar-refractivity contribution in [3.05, 3.63) is 59.2 Å². The standard InChI is InChI=1S/C23H26N2O7S/c1-15-6-9-18(10-7-15)33(29,30)25-12-4-5-17(14-25)21(26)24-20-13-16(22(27)31-2)8-11-19(20)23(28)32-3/h6-11,13,17H,4-5,12,14H2,1-3H3,(H,24,26)/t17-/m1/s1. The topological polar surface area (TPSA) is 119 Å². The van der Waals surface area contributed by atoms with Crippen molar-refractivity contribution in [2.45, 2.75) is 24.7 Å². The van der Waals surface area contributed by atoms with Crippen molar-refractivity contribution in [1.29, 1.82) is 0 Å². The number of rotatable bonds is 6. The number of piperidine rings is 1. The molecule has 1 heterocycles. The molecule has 1 atom stereocenters. The van der Waals surface area contributed by atoms with E-state index in [0.29, 0.717) is 19.4 Å². The van der Waals surface area contributed by atoms with Gasteiger partial charge in [-0.15, -0.1) is 0 Å². The average Bonchev–Trinajstić information content (AvgIpc) is 2.83. The Morgan fingerprint density at radius 1 is 1.00 bits per heavy atom. The van der Waals surface area contributed by atoms with Gasteiger partial charge in [0.25, 0.3) is 0 Å². The number of esters is 2. The molecule has 0 radical (unpaired) electrons. The molecule has 1 fully saturated rings. The summed E-state index contributed by atoms with van der Waals surface area (Å²) in [6, 6.07) is 10.6. The monoisotopic (exact) mass is 474 g/mol. The number of sulfonamides is 1. The van der Waals surface area contributed by atoms with Crippen LogP contribution >= 0.6 is 0 Å². The summed E-state index contributed by atoms with van der Waals surface area (Å²) in [5.41, 5.74) is 1.25. The molecule has 0 saturated carbocycles. The molecule has 0 unspecified atom stereocenters. The van der Waals surface area contributed by atoms with Crippen LogP contribution in [0.4, 0.5) is 5.69 Å². The van der Waals surface area contributed by atoms with Gasteiger partial charge in [0.1, 0.15) is 0 Å². The number of ether oxygens (including phenoxy) is 2. The summed E-state index contributed by atoms with van der Waals surface area (Å²) in [6.45, 7) is 2.19. The van der Waals surface area contributed by atoms with Crippen LogP contribution in [0, 0.1) is 12.8 Å². The van der Waals surface area contributed by atoms with E-state index in [0.717, 1.165) is 5.56 Å². The number of nitrogens with one attached hydrogen (secondary N) is 1. The lowest BCUT2D eigenvalue weighted by atomic mass is 9.98. The first kappa shape index (κ1) is 24.4. The lowest BCUT2D eigenvalue weighted by Crippen LogP contribution is -2.43. The van der Waals surface area contributed by atoms with Crippen molar-refractivity contribution in [1.82, 2.24) is 4.31 Å². The molecule has 33 heavy (non-hydrogen) atoms. The quantitative estimate of drug-likeness (QED) is 0.639. The van der Waals surface area contributed by atoms with Gasteiger partial charge in [-0.1, -0.05) is 17.7 Å². The molecule has 176 valence electrons. The lowest BCUT2D eigenvalue weighted by Gasteiger charge is -2.31. The fourth-order valence-corrected chi connectivity index (χ4v) is 5.17. The summed E-state index contributed by atoms with van der Waals surface area (Å²) in [7, 11) is -1.32. The Bertz CT molecular complexity index is 1160. The molecule has 1 N–H and O–H groups in total. The largest absolute Gasteiger partial charge is 0.465 e. The first-order valence-corrected chi connectivity index (χ1v) is 11.8. The van der Waals surface area contributed by atoms with E-state index in [-0.39, 0.29) is 28.3 Å². The molecule has 10 heteroatoms. The highest BCUT2D eigenvalue weighted by atomic mass is 32.2. The first-order chi connectivity index (χ1) is 15.7. The number of amides is 1. The van der Waals surface area contributed by atoms with Gasteiger partial charge in [-0.2, -0.15) is 4.31 Å². The van der Waals surface area contributed by atoms with Crippen LogP contribution in [0.15, 0.2) is 47.4 Å². The van der Waals surface area contributed by atoms with Crippen molar-refractivity contribution < 1.29 is 32.3 Å². The van der Waals surface area contributed by atoms with E-state index in [2.05, 4.69) is 5.32 Å². The summed E-state index contributed by atoms with van der Waals surface area (Å²) in [5.74, 6) is -2.40. The molecule has 0 aromatic heterocycles. The van der Waals surface area contributed by atoms with Crippen molar-refractivity contribution in [3.8, 4) is 0 Å². The average molecular weight is 475 g/mol. The maximum atomic E-state index is 13.0. The van der Waals surface area contributed by atoms with E-state index < -0.39 is 33.8 Å². The summed E-state index contributed by atoms with van der Waals surface area (Å²) in [4.78, 5) is 37.2. The third-order valence-corrected chi connectivity index (χ3v) is 7.40. The van der Waals surface area contributed by atoms with Crippen LogP contribution in [0.3, 0.4) is 0 Å². The number of anilines is 1. The van der Waals surface area contributed by atoms with E-state index in [1.54, 1.807) is 24.3 Å². The summed E-state index contributed by atoms with van der Waals surface area (Å²) < 4.78 is 36.8. The number of nitrogens with zero attached hydrogens (tertiary/aromatic N) is 1. The predicted molar refractivity (Wildman–Crippen MR) is 120 cm³/mol. The molecule has 1 aliphatic rings. The zero-order valence-corrected chi connectivity index (χ0v) is 19.5. The molecule has 0 spiro atoms. The van der Waals surface area contributed by atoms with Crippen LogP contribution in [-0.4, -0.2) is 57.9 Å². The van der Waals surface area contributed by atoms with Gasteiger partial charge < -0.3 is 14.8 Å². The number of hydrogen-bond donors (Lipinski definition) is 1. The highest BCUT2D eigenvalue weighted by molar-refractivity contribution is 7.89. The maximum absolute atomic E-state index is 13.0. The van der Waals surface area contributed by atoms with E-state index in [1.165, 1.54) is 36.7 Å².